The fourth-order valence-corrected chi connectivity index (χ4v) is 2.71. The van der Waals surface area contributed by atoms with Crippen LogP contribution in [-0.4, -0.2) is 23.9 Å². The number of hydrogen-bond donors (Lipinski definition) is 0. The van der Waals surface area contributed by atoms with Gasteiger partial charge in [-0.3, -0.25) is 4.79 Å². The molecule has 2 nitrogen and oxygen atoms in total. The summed E-state index contributed by atoms with van der Waals surface area (Å²) in [5.41, 5.74) is 3.99. The highest BCUT2D eigenvalue weighted by Gasteiger charge is 2.14. The van der Waals surface area contributed by atoms with Gasteiger partial charge in [-0.25, -0.2) is 0 Å². The van der Waals surface area contributed by atoms with E-state index < -0.39 is 0 Å². The Morgan fingerprint density at radius 1 is 0.917 bits per heavy atom. The number of alkyl halides is 1. The van der Waals surface area contributed by atoms with E-state index in [1.54, 1.807) is 0 Å². The molecule has 1 unspecified atom stereocenters. The van der Waals surface area contributed by atoms with Crippen LogP contribution in [0.15, 0.2) is 48.5 Å². The fraction of sp³-hybridized carbons (Fsp3) is 0.381. The van der Waals surface area contributed by atoms with Gasteiger partial charge in [0.1, 0.15) is 0 Å². The zero-order valence-corrected chi connectivity index (χ0v) is 16.1. The highest BCUT2D eigenvalue weighted by atomic mass is 35.5. The van der Waals surface area contributed by atoms with Crippen molar-refractivity contribution in [1.82, 2.24) is 4.90 Å². The van der Waals surface area contributed by atoms with Gasteiger partial charge in [0.05, 0.1) is 5.38 Å². The van der Waals surface area contributed by atoms with E-state index in [0.717, 1.165) is 24.2 Å². The first-order valence-electron chi connectivity index (χ1n) is 8.66. The average molecular weight is 346 g/mol. The molecule has 1 amide bonds. The minimum Gasteiger partial charge on any atom is -0.339 e. The van der Waals surface area contributed by atoms with Crippen LogP contribution in [0.3, 0.4) is 0 Å². The molecule has 0 spiro atoms. The molecule has 0 saturated heterocycles. The molecule has 130 valence electrons. The first-order chi connectivity index (χ1) is 11.6. The second kappa shape index (κ2) is 10.1. The molecule has 0 radical (unpaired) electrons. The van der Waals surface area contributed by atoms with E-state index in [2.05, 4.69) is 19.1 Å². The van der Waals surface area contributed by atoms with Crippen molar-refractivity contribution in [1.29, 1.82) is 0 Å². The maximum Gasteiger partial charge on any atom is 0.253 e. The molecule has 24 heavy (non-hydrogen) atoms. The predicted octanol–water partition coefficient (Wildman–Crippen LogP) is 5.83. The SMILES string of the molecule is CC.CCN(CC)C(=O)c1ccc(C(Cl)c2ccc(C)cc2)cc1. The summed E-state index contributed by atoms with van der Waals surface area (Å²) in [6.07, 6.45) is 0. The first kappa shape index (κ1) is 20.2. The Balaban J connectivity index is 0.00000139. The molecule has 1 atom stereocenters. The second-order valence-corrected chi connectivity index (χ2v) is 5.81. The Morgan fingerprint density at radius 3 is 1.75 bits per heavy atom. The molecule has 2 aromatic rings. The van der Waals surface area contributed by atoms with E-state index in [-0.39, 0.29) is 11.3 Å². The van der Waals surface area contributed by atoms with Crippen LogP contribution in [0.25, 0.3) is 0 Å². The van der Waals surface area contributed by atoms with Crippen LogP contribution in [0.1, 0.15) is 60.1 Å². The average Bonchev–Trinajstić information content (AvgIpc) is 2.64. The van der Waals surface area contributed by atoms with Crippen LogP contribution in [0.5, 0.6) is 0 Å². The molecule has 3 heteroatoms. The van der Waals surface area contributed by atoms with E-state index in [4.69, 9.17) is 11.6 Å². The van der Waals surface area contributed by atoms with Gasteiger partial charge in [0.25, 0.3) is 5.91 Å². The van der Waals surface area contributed by atoms with E-state index in [0.29, 0.717) is 5.56 Å². The van der Waals surface area contributed by atoms with Gasteiger partial charge < -0.3 is 4.90 Å². The normalized spacial score (nSPS) is 11.2. The zero-order chi connectivity index (χ0) is 18.1. The summed E-state index contributed by atoms with van der Waals surface area (Å²) in [7, 11) is 0. The van der Waals surface area contributed by atoms with Crippen molar-refractivity contribution < 1.29 is 4.79 Å². The molecule has 2 rings (SSSR count). The van der Waals surface area contributed by atoms with Gasteiger partial charge in [0.2, 0.25) is 0 Å². The summed E-state index contributed by atoms with van der Waals surface area (Å²) in [6.45, 7) is 11.5. The minimum atomic E-state index is -0.196. The molecule has 2 aromatic carbocycles. The summed E-state index contributed by atoms with van der Waals surface area (Å²) in [6, 6.07) is 15.8. The maximum atomic E-state index is 12.3. The van der Waals surface area contributed by atoms with E-state index in [1.165, 1.54) is 5.56 Å². The quantitative estimate of drug-likeness (QED) is 0.624. The first-order valence-corrected chi connectivity index (χ1v) is 9.10. The van der Waals surface area contributed by atoms with Crippen LogP contribution in [0, 0.1) is 6.92 Å². The van der Waals surface area contributed by atoms with E-state index in [9.17, 15) is 4.79 Å². The Labute approximate surface area is 151 Å². The molecule has 0 aliphatic rings. The second-order valence-electron chi connectivity index (χ2n) is 5.37. The largest absolute Gasteiger partial charge is 0.339 e. The summed E-state index contributed by atoms with van der Waals surface area (Å²) in [5, 5.41) is -0.196. The number of carbonyl (C=O) groups is 1. The third-order valence-electron chi connectivity index (χ3n) is 3.87. The topological polar surface area (TPSA) is 20.3 Å². The fourth-order valence-electron chi connectivity index (χ4n) is 2.42. The Hall–Kier alpha value is -1.80. The zero-order valence-electron chi connectivity index (χ0n) is 15.3. The number of benzene rings is 2. The van der Waals surface area contributed by atoms with Crippen molar-refractivity contribution in [2.45, 2.75) is 40.0 Å². The van der Waals surface area contributed by atoms with E-state index in [1.807, 2.05) is 69.0 Å². The van der Waals surface area contributed by atoms with Crippen LogP contribution in [0.4, 0.5) is 0 Å². The number of hydrogen-bond acceptors (Lipinski definition) is 1. The monoisotopic (exact) mass is 345 g/mol. The number of halogens is 1. The van der Waals surface area contributed by atoms with Gasteiger partial charge in [-0.05, 0) is 44.0 Å². The number of rotatable bonds is 5. The number of aryl methyl sites for hydroxylation is 1. The highest BCUT2D eigenvalue weighted by molar-refractivity contribution is 6.22. The summed E-state index contributed by atoms with van der Waals surface area (Å²) >= 11 is 6.54. The van der Waals surface area contributed by atoms with Crippen LogP contribution >= 0.6 is 11.6 Å². The van der Waals surface area contributed by atoms with E-state index >= 15 is 0 Å². The van der Waals surface area contributed by atoms with Crippen molar-refractivity contribution in [3.05, 3.63) is 70.8 Å². The van der Waals surface area contributed by atoms with Crippen LogP contribution < -0.4 is 0 Å². The van der Waals surface area contributed by atoms with Crippen molar-refractivity contribution >= 4 is 17.5 Å². The molecule has 0 saturated carbocycles. The number of carbonyl (C=O) groups excluding carboxylic acids is 1. The Kier molecular flexibility index (Phi) is 8.56. The lowest BCUT2D eigenvalue weighted by molar-refractivity contribution is 0.0773. The molecule has 0 aliphatic carbocycles. The van der Waals surface area contributed by atoms with Gasteiger partial charge in [-0.1, -0.05) is 55.8 Å². The molecular formula is C21H28ClNO. The van der Waals surface area contributed by atoms with Gasteiger partial charge in [0.15, 0.2) is 0 Å². The minimum absolute atomic E-state index is 0.0676. The Morgan fingerprint density at radius 2 is 1.33 bits per heavy atom. The molecule has 0 aromatic heterocycles. The van der Waals surface area contributed by atoms with Crippen LogP contribution in [0.2, 0.25) is 0 Å². The number of amides is 1. The van der Waals surface area contributed by atoms with Crippen molar-refractivity contribution in [3.63, 3.8) is 0 Å². The summed E-state index contributed by atoms with van der Waals surface area (Å²) in [5.74, 6) is 0.0676. The van der Waals surface area contributed by atoms with Gasteiger partial charge in [0, 0.05) is 18.7 Å². The third kappa shape index (κ3) is 5.10. The molecule has 0 fully saturated rings. The predicted molar refractivity (Wildman–Crippen MR) is 104 cm³/mol. The van der Waals surface area contributed by atoms with Crippen molar-refractivity contribution in [2.75, 3.05) is 13.1 Å². The summed E-state index contributed by atoms with van der Waals surface area (Å²) < 4.78 is 0. The van der Waals surface area contributed by atoms with Gasteiger partial charge in [-0.15, -0.1) is 11.6 Å². The summed E-state index contributed by atoms with van der Waals surface area (Å²) in [4.78, 5) is 14.1. The lowest BCUT2D eigenvalue weighted by atomic mass is 10.0. The van der Waals surface area contributed by atoms with Crippen molar-refractivity contribution in [2.24, 2.45) is 0 Å². The molecule has 0 bridgehead atoms. The molecule has 0 N–H and O–H groups in total. The Bertz CT molecular complexity index is 615. The molecule has 0 heterocycles. The number of nitrogens with zero attached hydrogens (tertiary/aromatic N) is 1. The molecular weight excluding hydrogens is 318 g/mol. The smallest absolute Gasteiger partial charge is 0.253 e. The lowest BCUT2D eigenvalue weighted by Gasteiger charge is -2.19. The van der Waals surface area contributed by atoms with Crippen LogP contribution in [-0.2, 0) is 0 Å². The van der Waals surface area contributed by atoms with Crippen molar-refractivity contribution in [3.8, 4) is 0 Å². The lowest BCUT2D eigenvalue weighted by Crippen LogP contribution is -2.30. The van der Waals surface area contributed by atoms with Gasteiger partial charge >= 0.3 is 0 Å². The molecule has 0 aliphatic heterocycles. The van der Waals surface area contributed by atoms with Gasteiger partial charge in [-0.2, -0.15) is 0 Å². The standard InChI is InChI=1S/C19H22ClNO.C2H6/c1-4-21(5-2)19(22)17-12-10-16(11-13-17)18(20)15-8-6-14(3)7-9-15;1-2/h6-13,18H,4-5H2,1-3H3;1-2H3. The maximum absolute atomic E-state index is 12.3. The highest BCUT2D eigenvalue weighted by Crippen LogP contribution is 2.29. The third-order valence-corrected chi connectivity index (χ3v) is 4.37.